The molecular formula is C23H15Cl2N7O. The van der Waals surface area contributed by atoms with Crippen LogP contribution in [0.3, 0.4) is 0 Å². The fourth-order valence-corrected chi connectivity index (χ4v) is 3.57. The van der Waals surface area contributed by atoms with Gasteiger partial charge in [0.05, 0.1) is 16.4 Å². The number of aromatic nitrogens is 5. The number of amides is 2. The van der Waals surface area contributed by atoms with Gasteiger partial charge in [-0.15, -0.1) is 10.2 Å². The maximum atomic E-state index is 12.5. The van der Waals surface area contributed by atoms with Crippen molar-refractivity contribution in [2.75, 3.05) is 10.6 Å². The molecule has 0 aliphatic rings. The number of benzene rings is 2. The Kier molecular flexibility index (Phi) is 5.60. The van der Waals surface area contributed by atoms with E-state index in [2.05, 4.69) is 30.9 Å². The number of carbonyl (C=O) groups excluding carboxylic acids is 1. The number of pyridine rings is 1. The summed E-state index contributed by atoms with van der Waals surface area (Å²) in [5.74, 6) is 0.541. The molecule has 3 heterocycles. The van der Waals surface area contributed by atoms with Gasteiger partial charge in [0.25, 0.3) is 0 Å². The molecule has 0 aliphatic heterocycles. The van der Waals surface area contributed by atoms with Gasteiger partial charge in [-0.2, -0.15) is 9.61 Å². The Bertz CT molecular complexity index is 1470. The summed E-state index contributed by atoms with van der Waals surface area (Å²) in [4.78, 5) is 16.8. The third-order valence-corrected chi connectivity index (χ3v) is 5.31. The molecule has 5 rings (SSSR count). The summed E-state index contributed by atoms with van der Waals surface area (Å²) in [5, 5.41) is 19.4. The first-order chi connectivity index (χ1) is 16.1. The minimum Gasteiger partial charge on any atom is -0.308 e. The molecule has 2 aromatic carbocycles. The van der Waals surface area contributed by atoms with Gasteiger partial charge < -0.3 is 10.6 Å². The first kappa shape index (κ1) is 20.9. The van der Waals surface area contributed by atoms with Crippen LogP contribution in [-0.4, -0.2) is 30.8 Å². The van der Waals surface area contributed by atoms with Crippen LogP contribution < -0.4 is 10.6 Å². The lowest BCUT2D eigenvalue weighted by atomic mass is 10.1. The van der Waals surface area contributed by atoms with Crippen molar-refractivity contribution in [2.45, 2.75) is 0 Å². The summed E-state index contributed by atoms with van der Waals surface area (Å²) in [7, 11) is 0. The van der Waals surface area contributed by atoms with Gasteiger partial charge in [-0.05, 0) is 54.6 Å². The van der Waals surface area contributed by atoms with Gasteiger partial charge in [-0.25, -0.2) is 4.79 Å². The van der Waals surface area contributed by atoms with Crippen LogP contribution in [0.15, 0.2) is 79.0 Å². The smallest absolute Gasteiger partial charge is 0.308 e. The summed E-state index contributed by atoms with van der Waals surface area (Å²) < 4.78 is 1.64. The maximum Gasteiger partial charge on any atom is 0.323 e. The summed E-state index contributed by atoms with van der Waals surface area (Å²) in [6.07, 6.45) is 1.69. The molecule has 0 bridgehead atoms. The number of fused-ring (bicyclic) bond motifs is 1. The summed E-state index contributed by atoms with van der Waals surface area (Å²) in [6.45, 7) is 0. The van der Waals surface area contributed by atoms with Crippen molar-refractivity contribution in [3.8, 4) is 22.8 Å². The van der Waals surface area contributed by atoms with E-state index >= 15 is 0 Å². The minimum absolute atomic E-state index is 0.387. The fraction of sp³-hybridized carbons (Fsp3) is 0. The summed E-state index contributed by atoms with van der Waals surface area (Å²) >= 11 is 12.1. The van der Waals surface area contributed by atoms with Crippen LogP contribution in [-0.2, 0) is 0 Å². The van der Waals surface area contributed by atoms with E-state index in [1.165, 1.54) is 0 Å². The highest BCUT2D eigenvalue weighted by molar-refractivity contribution is 6.35. The largest absolute Gasteiger partial charge is 0.323 e. The Morgan fingerprint density at radius 1 is 0.848 bits per heavy atom. The average Bonchev–Trinajstić information content (AvgIpc) is 3.25. The normalized spacial score (nSPS) is 10.8. The highest BCUT2D eigenvalue weighted by atomic mass is 35.5. The predicted octanol–water partition coefficient (Wildman–Crippen LogP) is 5.80. The number of urea groups is 1. The molecule has 2 N–H and O–H groups in total. The molecule has 33 heavy (non-hydrogen) atoms. The van der Waals surface area contributed by atoms with Crippen LogP contribution in [0.5, 0.6) is 0 Å². The molecule has 10 heteroatoms. The lowest BCUT2D eigenvalue weighted by molar-refractivity contribution is 0.262. The Labute approximate surface area is 198 Å². The molecular weight excluding hydrogens is 461 g/mol. The lowest BCUT2D eigenvalue weighted by Crippen LogP contribution is -2.19. The number of nitrogens with zero attached hydrogens (tertiary/aromatic N) is 5. The van der Waals surface area contributed by atoms with E-state index in [9.17, 15) is 4.79 Å². The topological polar surface area (TPSA) is 97.1 Å². The molecule has 162 valence electrons. The Hall–Kier alpha value is -4.01. The van der Waals surface area contributed by atoms with Crippen LogP contribution >= 0.6 is 23.2 Å². The van der Waals surface area contributed by atoms with Gasteiger partial charge >= 0.3 is 6.03 Å². The predicted molar refractivity (Wildman–Crippen MR) is 129 cm³/mol. The van der Waals surface area contributed by atoms with Crippen molar-refractivity contribution in [3.63, 3.8) is 0 Å². The zero-order chi connectivity index (χ0) is 22.8. The van der Waals surface area contributed by atoms with Crippen LogP contribution in [0, 0.1) is 0 Å². The monoisotopic (exact) mass is 475 g/mol. The third-order valence-electron chi connectivity index (χ3n) is 4.75. The van der Waals surface area contributed by atoms with Crippen LogP contribution in [0.25, 0.3) is 28.4 Å². The van der Waals surface area contributed by atoms with Crippen molar-refractivity contribution in [2.24, 2.45) is 0 Å². The first-order valence-electron chi connectivity index (χ1n) is 9.84. The van der Waals surface area contributed by atoms with E-state index in [1.54, 1.807) is 35.0 Å². The Balaban J connectivity index is 1.41. The van der Waals surface area contributed by atoms with Crippen molar-refractivity contribution in [3.05, 3.63) is 89.0 Å². The highest BCUT2D eigenvalue weighted by Crippen LogP contribution is 2.26. The molecule has 0 unspecified atom stereocenters. The number of carbonyl (C=O) groups is 1. The number of rotatable bonds is 4. The Morgan fingerprint density at radius 3 is 2.61 bits per heavy atom. The highest BCUT2D eigenvalue weighted by Gasteiger charge is 2.12. The van der Waals surface area contributed by atoms with Crippen molar-refractivity contribution >= 4 is 46.3 Å². The number of hydrogen-bond acceptors (Lipinski definition) is 5. The summed E-state index contributed by atoms with van der Waals surface area (Å²) in [5.41, 5.74) is 3.75. The molecule has 8 nitrogen and oxygen atoms in total. The fourth-order valence-electron chi connectivity index (χ4n) is 3.23. The maximum absolute atomic E-state index is 12.5. The van der Waals surface area contributed by atoms with E-state index in [0.29, 0.717) is 44.3 Å². The van der Waals surface area contributed by atoms with Crippen molar-refractivity contribution in [1.29, 1.82) is 0 Å². The van der Waals surface area contributed by atoms with Crippen LogP contribution in [0.2, 0.25) is 10.0 Å². The second-order valence-corrected chi connectivity index (χ2v) is 7.85. The lowest BCUT2D eigenvalue weighted by Gasteiger charge is -2.10. The SMILES string of the molecule is O=C(Nc1cccc(-c2ccc3nnc(-c4ccccn4)n3n2)c1)Nc1cc(Cl)ccc1Cl. The van der Waals surface area contributed by atoms with Gasteiger partial charge in [0.2, 0.25) is 5.82 Å². The molecule has 0 fully saturated rings. The quantitative estimate of drug-likeness (QED) is 0.342. The molecule has 0 aliphatic carbocycles. The van der Waals surface area contributed by atoms with Crippen molar-refractivity contribution in [1.82, 2.24) is 24.8 Å². The molecule has 3 aromatic heterocycles. The Morgan fingerprint density at radius 2 is 1.76 bits per heavy atom. The van der Waals surface area contributed by atoms with Gasteiger partial charge in [0.15, 0.2) is 5.65 Å². The standard InChI is InChI=1S/C23H15Cl2N7O/c24-15-7-8-17(25)20(13-15)28-23(33)27-16-5-3-4-14(12-16)18-9-10-21-29-30-22(32(21)31-18)19-6-1-2-11-26-19/h1-13H,(H2,27,28,33). The van der Waals surface area contributed by atoms with Gasteiger partial charge in [0.1, 0.15) is 5.69 Å². The van der Waals surface area contributed by atoms with Crippen LogP contribution in [0.4, 0.5) is 16.2 Å². The number of hydrogen-bond donors (Lipinski definition) is 2. The van der Waals surface area contributed by atoms with E-state index in [-0.39, 0.29) is 0 Å². The van der Waals surface area contributed by atoms with E-state index in [0.717, 1.165) is 5.56 Å². The summed E-state index contributed by atoms with van der Waals surface area (Å²) in [6, 6.07) is 21.0. The second-order valence-electron chi connectivity index (χ2n) is 7.01. The van der Waals surface area contributed by atoms with E-state index < -0.39 is 6.03 Å². The van der Waals surface area contributed by atoms with Crippen LogP contribution in [0.1, 0.15) is 0 Å². The molecule has 2 amide bonds. The molecule has 0 spiro atoms. The first-order valence-corrected chi connectivity index (χ1v) is 10.6. The van der Waals surface area contributed by atoms with Gasteiger partial charge in [-0.3, -0.25) is 4.98 Å². The minimum atomic E-state index is -0.448. The third kappa shape index (κ3) is 4.48. The number of nitrogens with one attached hydrogen (secondary N) is 2. The second kappa shape index (κ2) is 8.85. The molecule has 0 atom stereocenters. The zero-order valence-corrected chi connectivity index (χ0v) is 18.4. The zero-order valence-electron chi connectivity index (χ0n) is 16.9. The molecule has 0 saturated heterocycles. The van der Waals surface area contributed by atoms with E-state index in [4.69, 9.17) is 23.2 Å². The number of halogens is 2. The number of anilines is 2. The molecule has 5 aromatic rings. The van der Waals surface area contributed by atoms with Crippen molar-refractivity contribution < 1.29 is 4.79 Å². The van der Waals surface area contributed by atoms with Gasteiger partial charge in [0, 0.05) is 22.5 Å². The average molecular weight is 476 g/mol. The molecule has 0 radical (unpaired) electrons. The van der Waals surface area contributed by atoms with Gasteiger partial charge in [-0.1, -0.05) is 41.4 Å². The molecule has 0 saturated carbocycles. The van der Waals surface area contributed by atoms with E-state index in [1.807, 2.05) is 48.5 Å².